The van der Waals surface area contributed by atoms with Crippen molar-refractivity contribution in [2.24, 2.45) is 0 Å². The van der Waals surface area contributed by atoms with Crippen LogP contribution in [0.1, 0.15) is 108 Å². The van der Waals surface area contributed by atoms with Gasteiger partial charge in [-0.05, 0) is 107 Å². The van der Waals surface area contributed by atoms with Gasteiger partial charge in [-0.15, -0.1) is 0 Å². The molecular formula is C39H53N7O9. The Bertz CT molecular complexity index is 2010. The first-order valence-electron chi connectivity index (χ1n) is 18.0. The SMILES string of the molecule is CCOC(=O)c1cc(C)[nH]c1/C=C1\C(=O)Nc2c(C)cc(-c3cn(C(=O)OC(C)(C)C)nc3CN(CCN(C)C(=O)OC(C)(C)C)C(=O)OC(C)(C)C)nc21. The molecule has 1 aliphatic rings. The molecule has 3 amide bonds. The lowest BCUT2D eigenvalue weighted by Gasteiger charge is -2.29. The van der Waals surface area contributed by atoms with E-state index in [0.29, 0.717) is 39.6 Å². The van der Waals surface area contributed by atoms with Crippen LogP contribution in [0.2, 0.25) is 0 Å². The van der Waals surface area contributed by atoms with Crippen LogP contribution < -0.4 is 5.32 Å². The van der Waals surface area contributed by atoms with E-state index < -0.39 is 47.0 Å². The Morgan fingerprint density at radius 2 is 1.51 bits per heavy atom. The molecule has 1 aliphatic heterocycles. The number of likely N-dealkylation sites (N-methyl/N-ethyl adjacent to an activating group) is 1. The molecule has 4 heterocycles. The number of rotatable bonds is 9. The van der Waals surface area contributed by atoms with Crippen molar-refractivity contribution in [3.8, 4) is 11.3 Å². The van der Waals surface area contributed by atoms with Crippen molar-refractivity contribution in [3.63, 3.8) is 0 Å². The number of amides is 3. The van der Waals surface area contributed by atoms with E-state index in [2.05, 4.69) is 15.4 Å². The molecule has 2 N–H and O–H groups in total. The number of nitrogens with zero attached hydrogens (tertiary/aromatic N) is 5. The summed E-state index contributed by atoms with van der Waals surface area (Å²) in [7, 11) is 1.56. The van der Waals surface area contributed by atoms with E-state index in [-0.39, 0.29) is 43.1 Å². The molecule has 3 aromatic rings. The van der Waals surface area contributed by atoms with Gasteiger partial charge in [-0.1, -0.05) is 0 Å². The Morgan fingerprint density at radius 1 is 0.891 bits per heavy atom. The topological polar surface area (TPSA) is 187 Å². The summed E-state index contributed by atoms with van der Waals surface area (Å²) >= 11 is 0. The lowest BCUT2D eigenvalue weighted by Crippen LogP contribution is -2.43. The van der Waals surface area contributed by atoms with Gasteiger partial charge in [0.15, 0.2) is 0 Å². The summed E-state index contributed by atoms with van der Waals surface area (Å²) in [5.74, 6) is -0.971. The fourth-order valence-electron chi connectivity index (χ4n) is 5.42. The van der Waals surface area contributed by atoms with Crippen molar-refractivity contribution in [2.75, 3.05) is 32.1 Å². The summed E-state index contributed by atoms with van der Waals surface area (Å²) in [6.07, 6.45) is 0.989. The van der Waals surface area contributed by atoms with Crippen molar-refractivity contribution in [3.05, 3.63) is 52.2 Å². The molecule has 0 saturated carbocycles. The van der Waals surface area contributed by atoms with Crippen molar-refractivity contribution in [2.45, 2.75) is 106 Å². The van der Waals surface area contributed by atoms with E-state index in [1.54, 1.807) is 108 Å². The minimum absolute atomic E-state index is 0.0176. The number of H-pyrrole nitrogens is 1. The number of pyridine rings is 1. The Kier molecular flexibility index (Phi) is 12.2. The van der Waals surface area contributed by atoms with Crippen molar-refractivity contribution in [1.82, 2.24) is 29.5 Å². The summed E-state index contributed by atoms with van der Waals surface area (Å²) in [5.41, 5.74) is 1.51. The molecule has 55 heavy (non-hydrogen) atoms. The van der Waals surface area contributed by atoms with Crippen LogP contribution in [0.4, 0.5) is 20.1 Å². The molecule has 4 rings (SSSR count). The molecule has 16 nitrogen and oxygen atoms in total. The maximum Gasteiger partial charge on any atom is 0.435 e. The van der Waals surface area contributed by atoms with Crippen molar-refractivity contribution in [1.29, 1.82) is 0 Å². The van der Waals surface area contributed by atoms with E-state index in [0.717, 1.165) is 4.68 Å². The Morgan fingerprint density at radius 3 is 2.11 bits per heavy atom. The maximum absolute atomic E-state index is 13.7. The van der Waals surface area contributed by atoms with Gasteiger partial charge in [-0.2, -0.15) is 9.78 Å². The molecule has 0 unspecified atom stereocenters. The molecule has 0 fully saturated rings. The Labute approximate surface area is 321 Å². The average molecular weight is 764 g/mol. The molecule has 0 spiro atoms. The van der Waals surface area contributed by atoms with Crippen LogP contribution in [0.15, 0.2) is 18.3 Å². The van der Waals surface area contributed by atoms with Gasteiger partial charge in [0.2, 0.25) is 0 Å². The first kappa shape index (κ1) is 42.1. The van der Waals surface area contributed by atoms with E-state index in [9.17, 15) is 24.0 Å². The van der Waals surface area contributed by atoms with E-state index >= 15 is 0 Å². The van der Waals surface area contributed by atoms with Gasteiger partial charge in [0.25, 0.3) is 5.91 Å². The predicted molar refractivity (Wildman–Crippen MR) is 205 cm³/mol. The average Bonchev–Trinajstić information content (AvgIpc) is 3.72. The highest BCUT2D eigenvalue weighted by Crippen LogP contribution is 2.38. The van der Waals surface area contributed by atoms with Crippen LogP contribution in [0, 0.1) is 13.8 Å². The standard InChI is InChI=1S/C39H53N7O9/c1-14-52-33(48)24-18-23(3)40-28(24)19-25-31-30(42-32(25)47)22(2)17-27(41-31)26-20-46(36(51)55-39(10,11)12)43-29(26)21-45(35(50)54-38(7,8)9)16-15-44(13)34(49)53-37(4,5)6/h17-20,40H,14-16,21H2,1-13H3,(H,42,47)/b25-19-. The second kappa shape index (κ2) is 16.0. The Balaban J connectivity index is 1.83. The van der Waals surface area contributed by atoms with Crippen LogP contribution in [-0.2, 0) is 30.3 Å². The number of aryl methyl sites for hydroxylation is 2. The maximum atomic E-state index is 13.7. The number of carbonyl (C=O) groups is 5. The summed E-state index contributed by atoms with van der Waals surface area (Å²) in [4.78, 5) is 76.7. The first-order chi connectivity index (χ1) is 25.4. The van der Waals surface area contributed by atoms with Gasteiger partial charge >= 0.3 is 24.2 Å². The molecule has 0 atom stereocenters. The quantitative estimate of drug-likeness (QED) is 0.130. The first-order valence-corrected chi connectivity index (χ1v) is 18.0. The van der Waals surface area contributed by atoms with Gasteiger partial charge in [0.1, 0.15) is 22.5 Å². The molecule has 298 valence electrons. The molecule has 16 heteroatoms. The molecule has 0 bridgehead atoms. The smallest absolute Gasteiger partial charge is 0.435 e. The van der Waals surface area contributed by atoms with Crippen LogP contribution in [0.5, 0.6) is 0 Å². The largest absolute Gasteiger partial charge is 0.462 e. The van der Waals surface area contributed by atoms with E-state index in [1.807, 2.05) is 0 Å². The van der Waals surface area contributed by atoms with Crippen molar-refractivity contribution >= 4 is 47.5 Å². The molecule has 0 aromatic carbocycles. The molecule has 0 radical (unpaired) electrons. The van der Waals surface area contributed by atoms with Crippen LogP contribution in [0.25, 0.3) is 22.9 Å². The van der Waals surface area contributed by atoms with Gasteiger partial charge in [-0.25, -0.2) is 24.2 Å². The monoisotopic (exact) mass is 763 g/mol. The fraction of sp³-hybridized carbons (Fsp3) is 0.513. The van der Waals surface area contributed by atoms with Gasteiger partial charge in [0, 0.05) is 37.6 Å². The second-order valence-corrected chi connectivity index (χ2v) is 16.3. The van der Waals surface area contributed by atoms with Gasteiger partial charge < -0.3 is 39.0 Å². The number of ether oxygens (including phenoxy) is 4. The Hall–Kier alpha value is -5.67. The number of aromatic nitrogens is 4. The minimum atomic E-state index is -0.850. The van der Waals surface area contributed by atoms with Gasteiger partial charge in [-0.3, -0.25) is 4.79 Å². The van der Waals surface area contributed by atoms with Crippen LogP contribution in [-0.4, -0.2) is 103 Å². The van der Waals surface area contributed by atoms with Crippen LogP contribution >= 0.6 is 0 Å². The number of carbonyl (C=O) groups excluding carboxylic acids is 5. The number of hydrogen-bond acceptors (Lipinski definition) is 11. The number of hydrogen-bond donors (Lipinski definition) is 2. The lowest BCUT2D eigenvalue weighted by molar-refractivity contribution is -0.110. The highest BCUT2D eigenvalue weighted by Gasteiger charge is 2.32. The summed E-state index contributed by atoms with van der Waals surface area (Å²) < 4.78 is 23.1. The number of anilines is 1. The minimum Gasteiger partial charge on any atom is -0.462 e. The molecule has 0 saturated heterocycles. The second-order valence-electron chi connectivity index (χ2n) is 16.3. The highest BCUT2D eigenvalue weighted by molar-refractivity contribution is 6.34. The normalized spacial score (nSPS) is 13.6. The summed E-state index contributed by atoms with van der Waals surface area (Å²) in [6.45, 7) is 21.1. The molecular weight excluding hydrogens is 710 g/mol. The third-order valence-electron chi connectivity index (χ3n) is 7.77. The van der Waals surface area contributed by atoms with Crippen molar-refractivity contribution < 1.29 is 42.9 Å². The van der Waals surface area contributed by atoms with Gasteiger partial charge in [0.05, 0.1) is 47.1 Å². The van der Waals surface area contributed by atoms with Crippen LogP contribution in [0.3, 0.4) is 0 Å². The molecule has 3 aromatic heterocycles. The van der Waals surface area contributed by atoms with E-state index in [1.165, 1.54) is 16.0 Å². The predicted octanol–water partition coefficient (Wildman–Crippen LogP) is 6.95. The highest BCUT2D eigenvalue weighted by atomic mass is 16.6. The van der Waals surface area contributed by atoms with E-state index in [4.69, 9.17) is 23.9 Å². The zero-order chi connectivity index (χ0) is 41.2. The number of aromatic amines is 1. The number of esters is 1. The number of fused-ring (bicyclic) bond motifs is 1. The fourth-order valence-corrected chi connectivity index (χ4v) is 5.42. The number of nitrogens with one attached hydrogen (secondary N) is 2. The lowest BCUT2D eigenvalue weighted by atomic mass is 10.0. The summed E-state index contributed by atoms with van der Waals surface area (Å²) in [6, 6.07) is 3.38. The zero-order valence-electron chi connectivity index (χ0n) is 34.0. The molecule has 0 aliphatic carbocycles. The third-order valence-corrected chi connectivity index (χ3v) is 7.77. The zero-order valence-corrected chi connectivity index (χ0v) is 34.0. The summed E-state index contributed by atoms with van der Waals surface area (Å²) in [5, 5.41) is 7.44. The third kappa shape index (κ3) is 11.0.